The molecule has 2 aromatic heterocycles. The highest BCUT2D eigenvalue weighted by molar-refractivity contribution is 7.09. The van der Waals surface area contributed by atoms with Gasteiger partial charge in [0.2, 0.25) is 5.95 Å². The smallest absolute Gasteiger partial charge is 0.225 e. The standard InChI is InChI=1S/C6H5N5S/c1-2-12-5(7-1)4-10-6-8-3-9-11(4)6/h1-4H,(H,8,9,10). The summed E-state index contributed by atoms with van der Waals surface area (Å²) in [6, 6.07) is 0. The largest absolute Gasteiger partial charge is 0.327 e. The summed E-state index contributed by atoms with van der Waals surface area (Å²) in [6.07, 6.45) is 3.43. The van der Waals surface area contributed by atoms with Gasteiger partial charge in [0.25, 0.3) is 0 Å². The fraction of sp³-hybridized carbons (Fsp3) is 0.167. The minimum atomic E-state index is 0.0995. The Balaban J connectivity index is 2.02. The number of hydrogen-bond donors (Lipinski definition) is 1. The predicted molar refractivity (Wildman–Crippen MR) is 43.9 cm³/mol. The van der Waals surface area contributed by atoms with Gasteiger partial charge in [-0.1, -0.05) is 0 Å². The Morgan fingerprint density at radius 3 is 3.25 bits per heavy atom. The van der Waals surface area contributed by atoms with Gasteiger partial charge in [-0.2, -0.15) is 10.1 Å². The number of anilines is 1. The number of thiazole rings is 1. The summed E-state index contributed by atoms with van der Waals surface area (Å²) < 4.78 is 1.82. The Labute approximate surface area is 72.1 Å². The van der Waals surface area contributed by atoms with Crippen molar-refractivity contribution < 1.29 is 0 Å². The minimum Gasteiger partial charge on any atom is -0.327 e. The zero-order valence-electron chi connectivity index (χ0n) is 6.01. The molecule has 5 nitrogen and oxygen atoms in total. The number of aromatic nitrogens is 4. The van der Waals surface area contributed by atoms with Crippen LogP contribution in [0.15, 0.2) is 17.9 Å². The first kappa shape index (κ1) is 6.13. The molecule has 0 radical (unpaired) electrons. The van der Waals surface area contributed by atoms with Crippen LogP contribution >= 0.6 is 11.3 Å². The van der Waals surface area contributed by atoms with Crippen LogP contribution in [0.4, 0.5) is 5.95 Å². The molecular formula is C6H5N5S. The Bertz CT molecular complexity index is 392. The molecule has 0 bridgehead atoms. The van der Waals surface area contributed by atoms with Gasteiger partial charge < -0.3 is 5.32 Å². The van der Waals surface area contributed by atoms with Crippen LogP contribution in [0.1, 0.15) is 11.2 Å². The monoisotopic (exact) mass is 179 g/mol. The third-order valence-electron chi connectivity index (χ3n) is 1.77. The SMILES string of the molecule is c1csc(C2Nc3ncnn32)n1. The molecule has 1 atom stereocenters. The maximum absolute atomic E-state index is 4.18. The molecular weight excluding hydrogens is 174 g/mol. The molecule has 0 aromatic carbocycles. The zero-order valence-corrected chi connectivity index (χ0v) is 6.82. The van der Waals surface area contributed by atoms with Crippen LogP contribution in [0.25, 0.3) is 0 Å². The second kappa shape index (κ2) is 2.04. The Hall–Kier alpha value is -1.43. The lowest BCUT2D eigenvalue weighted by Crippen LogP contribution is -2.32. The van der Waals surface area contributed by atoms with E-state index in [1.165, 1.54) is 6.33 Å². The van der Waals surface area contributed by atoms with E-state index in [0.29, 0.717) is 0 Å². The molecule has 0 aliphatic carbocycles. The summed E-state index contributed by atoms with van der Waals surface area (Å²) in [7, 11) is 0. The van der Waals surface area contributed by atoms with Crippen molar-refractivity contribution in [1.29, 1.82) is 0 Å². The van der Waals surface area contributed by atoms with Crippen LogP contribution < -0.4 is 5.32 Å². The quantitative estimate of drug-likeness (QED) is 0.700. The van der Waals surface area contributed by atoms with Gasteiger partial charge in [0.15, 0.2) is 6.17 Å². The molecule has 2 aromatic rings. The Morgan fingerprint density at radius 2 is 2.50 bits per heavy atom. The van der Waals surface area contributed by atoms with Gasteiger partial charge in [-0.3, -0.25) is 0 Å². The average molecular weight is 179 g/mol. The van der Waals surface area contributed by atoms with Crippen molar-refractivity contribution >= 4 is 17.3 Å². The van der Waals surface area contributed by atoms with Gasteiger partial charge in [0.05, 0.1) is 0 Å². The van der Waals surface area contributed by atoms with Gasteiger partial charge in [-0.15, -0.1) is 11.3 Å². The molecule has 12 heavy (non-hydrogen) atoms. The van der Waals surface area contributed by atoms with Crippen molar-refractivity contribution in [3.63, 3.8) is 0 Å². The molecule has 0 saturated carbocycles. The number of nitrogens with zero attached hydrogens (tertiary/aromatic N) is 4. The number of fused-ring (bicyclic) bond motifs is 1. The fourth-order valence-corrected chi connectivity index (χ4v) is 1.87. The molecule has 1 N–H and O–H groups in total. The van der Waals surface area contributed by atoms with E-state index < -0.39 is 0 Å². The Morgan fingerprint density at radius 1 is 1.50 bits per heavy atom. The third-order valence-corrected chi connectivity index (χ3v) is 2.60. The van der Waals surface area contributed by atoms with Crippen molar-refractivity contribution in [2.24, 2.45) is 0 Å². The first-order valence-electron chi connectivity index (χ1n) is 3.50. The number of hydrogen-bond acceptors (Lipinski definition) is 5. The van der Waals surface area contributed by atoms with E-state index >= 15 is 0 Å². The first-order valence-corrected chi connectivity index (χ1v) is 4.38. The molecule has 60 valence electrons. The highest BCUT2D eigenvalue weighted by Gasteiger charge is 2.29. The predicted octanol–water partition coefficient (Wildman–Crippen LogP) is 0.707. The lowest BCUT2D eigenvalue weighted by atomic mass is 10.4. The van der Waals surface area contributed by atoms with E-state index in [1.807, 2.05) is 10.1 Å². The summed E-state index contributed by atoms with van der Waals surface area (Å²) in [5.41, 5.74) is 0. The first-order chi connectivity index (χ1) is 5.95. The van der Waals surface area contributed by atoms with E-state index in [4.69, 9.17) is 0 Å². The Kier molecular flexibility index (Phi) is 1.04. The van der Waals surface area contributed by atoms with E-state index in [2.05, 4.69) is 20.4 Å². The molecule has 1 unspecified atom stereocenters. The average Bonchev–Trinajstić information content (AvgIpc) is 2.62. The number of nitrogens with one attached hydrogen (secondary N) is 1. The second-order valence-corrected chi connectivity index (χ2v) is 3.37. The second-order valence-electron chi connectivity index (χ2n) is 2.45. The van der Waals surface area contributed by atoms with Crippen LogP contribution in [0.2, 0.25) is 0 Å². The van der Waals surface area contributed by atoms with Crippen LogP contribution in [-0.4, -0.2) is 19.7 Å². The molecule has 3 rings (SSSR count). The van der Waals surface area contributed by atoms with Gasteiger partial charge in [-0.25, -0.2) is 9.67 Å². The van der Waals surface area contributed by atoms with Crippen LogP contribution in [0, 0.1) is 0 Å². The molecule has 0 amide bonds. The van der Waals surface area contributed by atoms with E-state index in [9.17, 15) is 0 Å². The molecule has 1 aliphatic rings. The van der Waals surface area contributed by atoms with Crippen molar-refractivity contribution in [3.8, 4) is 0 Å². The van der Waals surface area contributed by atoms with Gasteiger partial charge in [-0.05, 0) is 0 Å². The normalized spacial score (nSPS) is 19.5. The highest BCUT2D eigenvalue weighted by Crippen LogP contribution is 2.30. The minimum absolute atomic E-state index is 0.0995. The lowest BCUT2D eigenvalue weighted by Gasteiger charge is -2.26. The topological polar surface area (TPSA) is 55.6 Å². The molecule has 0 spiro atoms. The lowest BCUT2D eigenvalue weighted by molar-refractivity contribution is 0.507. The third kappa shape index (κ3) is 0.646. The highest BCUT2D eigenvalue weighted by atomic mass is 32.1. The maximum atomic E-state index is 4.18. The molecule has 6 heteroatoms. The summed E-state index contributed by atoms with van der Waals surface area (Å²) >= 11 is 1.61. The van der Waals surface area contributed by atoms with Crippen molar-refractivity contribution in [2.75, 3.05) is 5.32 Å². The van der Waals surface area contributed by atoms with Gasteiger partial charge in [0, 0.05) is 11.6 Å². The molecule has 0 saturated heterocycles. The fourth-order valence-electron chi connectivity index (χ4n) is 1.20. The maximum Gasteiger partial charge on any atom is 0.225 e. The van der Waals surface area contributed by atoms with Crippen molar-refractivity contribution in [3.05, 3.63) is 22.9 Å². The summed E-state index contributed by atoms with van der Waals surface area (Å²) in [5, 5.41) is 10.2. The van der Waals surface area contributed by atoms with Crippen LogP contribution in [0.3, 0.4) is 0 Å². The molecule has 0 fully saturated rings. The van der Waals surface area contributed by atoms with Crippen molar-refractivity contribution in [2.45, 2.75) is 6.17 Å². The summed E-state index contributed by atoms with van der Waals surface area (Å²) in [4.78, 5) is 8.16. The van der Waals surface area contributed by atoms with Gasteiger partial charge in [0.1, 0.15) is 11.3 Å². The van der Waals surface area contributed by atoms with E-state index in [0.717, 1.165) is 11.0 Å². The summed E-state index contributed by atoms with van der Waals surface area (Å²) in [5.74, 6) is 0.815. The van der Waals surface area contributed by atoms with Crippen LogP contribution in [0.5, 0.6) is 0 Å². The number of rotatable bonds is 1. The molecule has 3 heterocycles. The van der Waals surface area contributed by atoms with Crippen LogP contribution in [-0.2, 0) is 0 Å². The zero-order chi connectivity index (χ0) is 7.97. The van der Waals surface area contributed by atoms with E-state index in [1.54, 1.807) is 17.5 Å². The van der Waals surface area contributed by atoms with E-state index in [-0.39, 0.29) is 6.17 Å². The summed E-state index contributed by atoms with van der Waals surface area (Å²) in [6.45, 7) is 0. The molecule has 1 aliphatic heterocycles. The van der Waals surface area contributed by atoms with Gasteiger partial charge >= 0.3 is 0 Å². The van der Waals surface area contributed by atoms with Crippen molar-refractivity contribution in [1.82, 2.24) is 19.7 Å².